The fraction of sp³-hybridized carbons (Fsp3) is 0.207. The third-order valence-electron chi connectivity index (χ3n) is 13.6. The van der Waals surface area contributed by atoms with Crippen molar-refractivity contribution in [3.05, 3.63) is 240 Å². The first kappa shape index (κ1) is 42.4. The first-order valence-corrected chi connectivity index (χ1v) is 22.3. The summed E-state index contributed by atoms with van der Waals surface area (Å²) in [4.78, 5) is 31.0. The molecule has 0 bridgehead atoms. The Bertz CT molecular complexity index is 2680. The van der Waals surface area contributed by atoms with E-state index in [1.54, 1.807) is 4.90 Å². The Balaban J connectivity index is 1.28. The maximum atomic E-state index is 15.8. The van der Waals surface area contributed by atoms with E-state index < -0.39 is 40.3 Å². The second-order valence-electron chi connectivity index (χ2n) is 17.8. The monoisotopic (exact) mass is 842 g/mol. The van der Waals surface area contributed by atoms with Gasteiger partial charge in [0.25, 0.3) is 0 Å². The van der Waals surface area contributed by atoms with E-state index in [-0.39, 0.29) is 25.9 Å². The van der Waals surface area contributed by atoms with Crippen molar-refractivity contribution in [1.82, 2.24) is 4.90 Å². The molecule has 320 valence electrons. The van der Waals surface area contributed by atoms with Gasteiger partial charge in [-0.3, -0.25) is 9.59 Å². The van der Waals surface area contributed by atoms with Crippen LogP contribution in [0.1, 0.15) is 64.5 Å². The third-order valence-corrected chi connectivity index (χ3v) is 13.6. The number of hydrogen-bond donors (Lipinski definition) is 3. The molecule has 0 heterocycles. The highest BCUT2D eigenvalue weighted by molar-refractivity contribution is 6.05. The number of nitrogens with zero attached hydrogens (tertiary/aromatic N) is 1. The number of fused-ring (bicyclic) bond motifs is 2. The minimum atomic E-state index is -1.69. The maximum absolute atomic E-state index is 15.8. The van der Waals surface area contributed by atoms with E-state index in [4.69, 9.17) is 5.73 Å². The molecule has 4 unspecified atom stereocenters. The molecule has 4 atom stereocenters. The average molecular weight is 843 g/mol. The lowest BCUT2D eigenvalue weighted by Crippen LogP contribution is -2.62. The SMILES string of the molecule is NC(=O)C1(C(=O)N(CC(O)(Cc2ccccc2)C(c2ccccc2)c2cccc3ccccc23)CC(O)(Cc2ccccc2)C(c2ccccc2)c2cccc3ccccc23)CCC1. The Hall–Kier alpha value is -6.86. The van der Waals surface area contributed by atoms with Gasteiger partial charge in [0, 0.05) is 24.7 Å². The van der Waals surface area contributed by atoms with E-state index in [0.717, 1.165) is 54.9 Å². The van der Waals surface area contributed by atoms with Crippen LogP contribution < -0.4 is 5.73 Å². The Labute approximate surface area is 375 Å². The topological polar surface area (TPSA) is 104 Å². The maximum Gasteiger partial charge on any atom is 0.238 e. The largest absolute Gasteiger partial charge is 0.387 e. The summed E-state index contributed by atoms with van der Waals surface area (Å²) in [7, 11) is 0. The van der Waals surface area contributed by atoms with Crippen molar-refractivity contribution in [3.63, 3.8) is 0 Å². The average Bonchev–Trinajstić information content (AvgIpc) is 3.30. The molecular weight excluding hydrogens is 789 g/mol. The van der Waals surface area contributed by atoms with Crippen LogP contribution in [0, 0.1) is 5.41 Å². The molecule has 6 heteroatoms. The minimum absolute atomic E-state index is 0.159. The van der Waals surface area contributed by atoms with Crippen LogP contribution in [-0.4, -0.2) is 51.2 Å². The molecule has 0 aliphatic heterocycles. The summed E-state index contributed by atoms with van der Waals surface area (Å²) < 4.78 is 0. The number of amides is 2. The van der Waals surface area contributed by atoms with Gasteiger partial charge in [-0.05, 0) is 67.8 Å². The van der Waals surface area contributed by atoms with Crippen molar-refractivity contribution in [2.45, 2.75) is 55.1 Å². The van der Waals surface area contributed by atoms with Crippen LogP contribution in [0.15, 0.2) is 206 Å². The van der Waals surface area contributed by atoms with Crippen molar-refractivity contribution >= 4 is 33.4 Å². The smallest absolute Gasteiger partial charge is 0.238 e. The number of nitrogens with two attached hydrogens (primary N) is 1. The van der Waals surface area contributed by atoms with E-state index in [0.29, 0.717) is 19.3 Å². The first-order chi connectivity index (χ1) is 31.2. The Morgan fingerprint density at radius 3 is 1.23 bits per heavy atom. The second-order valence-corrected chi connectivity index (χ2v) is 17.8. The van der Waals surface area contributed by atoms with Gasteiger partial charge >= 0.3 is 0 Å². The molecule has 0 saturated heterocycles. The number of aliphatic hydroxyl groups is 2. The summed E-state index contributed by atoms with van der Waals surface area (Å²) in [6.07, 6.45) is 1.57. The zero-order chi connectivity index (χ0) is 44.2. The standard InChI is InChI=1S/C58H54N2O4/c59-54(61)56(36-19-37-56)55(62)60(40-57(63,38-42-20-5-1-6-21-42)52(46-26-9-3-10-27-46)50-34-17-30-44-24-13-15-32-48(44)50)41-58(64,39-43-22-7-2-8-23-43)53(47-28-11-4-12-29-47)51-35-18-31-45-25-14-16-33-49(45)51/h1-18,20-35,52-53,63-64H,19,36-41H2,(H2,59,61). The van der Waals surface area contributed by atoms with E-state index in [1.807, 2.05) is 158 Å². The van der Waals surface area contributed by atoms with Gasteiger partial charge in [0.1, 0.15) is 5.41 Å². The van der Waals surface area contributed by atoms with Gasteiger partial charge in [-0.2, -0.15) is 0 Å². The van der Waals surface area contributed by atoms with E-state index >= 15 is 4.79 Å². The van der Waals surface area contributed by atoms with Gasteiger partial charge in [-0.15, -0.1) is 0 Å². The molecule has 8 aromatic carbocycles. The summed E-state index contributed by atoms with van der Waals surface area (Å²) in [5.41, 5.74) is 6.68. The molecule has 2 amide bonds. The van der Waals surface area contributed by atoms with Crippen LogP contribution in [-0.2, 0) is 22.4 Å². The summed E-state index contributed by atoms with van der Waals surface area (Å²) in [5, 5.41) is 32.2. The van der Waals surface area contributed by atoms with E-state index in [1.165, 1.54) is 0 Å². The minimum Gasteiger partial charge on any atom is -0.387 e. The van der Waals surface area contributed by atoms with Gasteiger partial charge in [0.05, 0.1) is 24.3 Å². The number of primary amides is 1. The molecule has 0 aromatic heterocycles. The van der Waals surface area contributed by atoms with Gasteiger partial charge in [-0.1, -0.05) is 213 Å². The van der Waals surface area contributed by atoms with Crippen molar-refractivity contribution in [2.24, 2.45) is 11.1 Å². The van der Waals surface area contributed by atoms with Gasteiger partial charge < -0.3 is 20.8 Å². The molecule has 1 aliphatic rings. The van der Waals surface area contributed by atoms with Gasteiger partial charge in [0.15, 0.2) is 0 Å². The third kappa shape index (κ3) is 8.35. The molecule has 64 heavy (non-hydrogen) atoms. The summed E-state index contributed by atoms with van der Waals surface area (Å²) >= 11 is 0. The lowest BCUT2D eigenvalue weighted by molar-refractivity contribution is -0.162. The summed E-state index contributed by atoms with van der Waals surface area (Å²) in [6, 6.07) is 68.3. The van der Waals surface area contributed by atoms with Crippen LogP contribution in [0.2, 0.25) is 0 Å². The van der Waals surface area contributed by atoms with Crippen molar-refractivity contribution in [1.29, 1.82) is 0 Å². The number of carbonyl (C=O) groups excluding carboxylic acids is 2. The highest BCUT2D eigenvalue weighted by Gasteiger charge is 2.55. The molecule has 1 saturated carbocycles. The van der Waals surface area contributed by atoms with E-state index in [9.17, 15) is 15.0 Å². The van der Waals surface area contributed by atoms with Crippen LogP contribution in [0.3, 0.4) is 0 Å². The van der Waals surface area contributed by atoms with Crippen molar-refractivity contribution in [3.8, 4) is 0 Å². The number of hydrogen-bond acceptors (Lipinski definition) is 4. The van der Waals surface area contributed by atoms with Gasteiger partial charge in [-0.25, -0.2) is 0 Å². The Morgan fingerprint density at radius 1 is 0.500 bits per heavy atom. The van der Waals surface area contributed by atoms with Crippen molar-refractivity contribution in [2.75, 3.05) is 13.1 Å². The van der Waals surface area contributed by atoms with Crippen LogP contribution in [0.4, 0.5) is 0 Å². The molecule has 9 rings (SSSR count). The van der Waals surface area contributed by atoms with Crippen molar-refractivity contribution < 1.29 is 19.8 Å². The lowest BCUT2D eigenvalue weighted by Gasteiger charge is -2.49. The van der Waals surface area contributed by atoms with Crippen LogP contribution >= 0.6 is 0 Å². The second kappa shape index (κ2) is 18.1. The summed E-state index contributed by atoms with van der Waals surface area (Å²) in [6.45, 7) is -0.431. The van der Waals surface area contributed by atoms with Gasteiger partial charge in [0.2, 0.25) is 11.8 Å². The highest BCUT2D eigenvalue weighted by atomic mass is 16.3. The van der Waals surface area contributed by atoms with Crippen LogP contribution in [0.5, 0.6) is 0 Å². The first-order valence-electron chi connectivity index (χ1n) is 22.3. The number of benzene rings is 8. The molecule has 1 aliphatic carbocycles. The predicted molar refractivity (Wildman–Crippen MR) is 257 cm³/mol. The fourth-order valence-corrected chi connectivity index (χ4v) is 10.5. The van der Waals surface area contributed by atoms with Crippen LogP contribution in [0.25, 0.3) is 21.5 Å². The molecule has 0 spiro atoms. The van der Waals surface area contributed by atoms with E-state index in [2.05, 4.69) is 48.5 Å². The lowest BCUT2D eigenvalue weighted by atomic mass is 9.66. The normalized spacial score (nSPS) is 16.2. The molecule has 6 nitrogen and oxygen atoms in total. The highest BCUT2D eigenvalue weighted by Crippen LogP contribution is 2.47. The molecule has 8 aromatic rings. The Kier molecular flexibility index (Phi) is 12.0. The summed E-state index contributed by atoms with van der Waals surface area (Å²) in [5.74, 6) is -2.48. The molecule has 1 fully saturated rings. The zero-order valence-electron chi connectivity index (χ0n) is 36.0. The fourth-order valence-electron chi connectivity index (χ4n) is 10.5. The molecular formula is C58H54N2O4. The number of carbonyl (C=O) groups is 2. The number of rotatable bonds is 16. The predicted octanol–water partition coefficient (Wildman–Crippen LogP) is 10.4. The Morgan fingerprint density at radius 2 is 0.859 bits per heavy atom. The zero-order valence-corrected chi connectivity index (χ0v) is 36.0. The molecule has 0 radical (unpaired) electrons. The molecule has 4 N–H and O–H groups in total. The quantitative estimate of drug-likeness (QED) is 0.0843.